The third kappa shape index (κ3) is 6.43. The zero-order chi connectivity index (χ0) is 41.7. The van der Waals surface area contributed by atoms with Crippen molar-refractivity contribution in [2.75, 3.05) is 26.4 Å². The summed E-state index contributed by atoms with van der Waals surface area (Å²) in [5, 5.41) is 10.0. The summed E-state index contributed by atoms with van der Waals surface area (Å²) in [5.74, 6) is 5.23. The van der Waals surface area contributed by atoms with Crippen LogP contribution in [0.15, 0.2) is 76.8 Å². The van der Waals surface area contributed by atoms with Crippen LogP contribution in [0.2, 0.25) is 0 Å². The van der Waals surface area contributed by atoms with Crippen molar-refractivity contribution in [3.63, 3.8) is 0 Å². The fourth-order valence-corrected chi connectivity index (χ4v) is 17.0. The van der Waals surface area contributed by atoms with Crippen molar-refractivity contribution >= 4 is 21.7 Å². The summed E-state index contributed by atoms with van der Waals surface area (Å²) in [5.41, 5.74) is 3.63. The van der Waals surface area contributed by atoms with E-state index in [2.05, 4.69) is 38.2 Å². The van der Waals surface area contributed by atoms with Crippen molar-refractivity contribution in [1.29, 1.82) is 0 Å². The lowest BCUT2D eigenvalue weighted by Gasteiger charge is -2.57. The zero-order valence-electron chi connectivity index (χ0n) is 36.0. The standard InChI is InChI=1S/C29H36O5S.C22H30O3/c1-19-4-7-22(8-5-19)35(31,32)34-18-20-16-26-24(23-9-6-21(30)17-25(20)23)10-13-28(2)27(26)11-14-29(28)12-3-15-33-29;1-21-8-5-17-16-4-3-15(24)12-18(16)14(13-23)11-19(17)20(21)6-9-22(21)7-2-10-25-22/h3-5,7-8,12,17,20,23-24,26-27H,6,9-11,13-16,18H2,1-2H3;2,7,12,14,16-17,19-20,23H,3-6,8-11,13H2,1H3/t20-,23+,24?,26?,27?,28-,29-;14-,16+,17?,19?,20?,21-,22-/m00/s1. The Bertz CT molecular complexity index is 2120. The number of benzene rings is 1. The van der Waals surface area contributed by atoms with Crippen LogP contribution in [-0.2, 0) is 33.4 Å². The van der Waals surface area contributed by atoms with Gasteiger partial charge in [-0.1, -0.05) is 67.0 Å². The number of hydrogen-bond donors (Lipinski definition) is 1. The van der Waals surface area contributed by atoms with Gasteiger partial charge in [0, 0.05) is 42.1 Å². The maximum Gasteiger partial charge on any atom is 0.296 e. The monoisotopic (exact) mass is 838 g/mol. The molecule has 2 aliphatic heterocycles. The van der Waals surface area contributed by atoms with Crippen LogP contribution in [0.5, 0.6) is 0 Å². The predicted octanol–water partition coefficient (Wildman–Crippen LogP) is 9.07. The highest BCUT2D eigenvalue weighted by molar-refractivity contribution is 7.86. The van der Waals surface area contributed by atoms with Gasteiger partial charge in [-0.05, 0) is 156 Å². The van der Waals surface area contributed by atoms with Crippen molar-refractivity contribution in [1.82, 2.24) is 0 Å². The van der Waals surface area contributed by atoms with Crippen LogP contribution in [0, 0.1) is 76.9 Å². The molecule has 2 spiro atoms. The van der Waals surface area contributed by atoms with E-state index in [0.717, 1.165) is 75.5 Å². The molecule has 11 rings (SSSR count). The summed E-state index contributed by atoms with van der Waals surface area (Å²) >= 11 is 0. The van der Waals surface area contributed by atoms with Crippen molar-refractivity contribution in [3.05, 3.63) is 77.4 Å². The molecule has 10 aliphatic rings. The van der Waals surface area contributed by atoms with Gasteiger partial charge in [-0.2, -0.15) is 8.42 Å². The van der Waals surface area contributed by atoms with E-state index in [-0.39, 0.29) is 63.5 Å². The van der Waals surface area contributed by atoms with E-state index in [1.807, 2.05) is 19.1 Å². The second-order valence-corrected chi connectivity index (χ2v) is 22.8. The maximum atomic E-state index is 13.0. The molecule has 9 heteroatoms. The first-order valence-corrected chi connectivity index (χ1v) is 24.9. The van der Waals surface area contributed by atoms with Gasteiger partial charge in [0.1, 0.15) is 0 Å². The van der Waals surface area contributed by atoms with Crippen LogP contribution in [-0.4, -0.2) is 62.7 Å². The third-order valence-corrected chi connectivity index (χ3v) is 20.3. The molecule has 0 bridgehead atoms. The molecule has 8 nitrogen and oxygen atoms in total. The van der Waals surface area contributed by atoms with Gasteiger partial charge < -0.3 is 14.6 Å². The first-order chi connectivity index (χ1) is 28.8. The zero-order valence-corrected chi connectivity index (χ0v) is 36.8. The van der Waals surface area contributed by atoms with Gasteiger partial charge in [-0.25, -0.2) is 0 Å². The van der Waals surface area contributed by atoms with E-state index in [1.165, 1.54) is 24.8 Å². The van der Waals surface area contributed by atoms with Gasteiger partial charge in [0.15, 0.2) is 11.6 Å². The molecule has 0 saturated heterocycles. The lowest BCUT2D eigenvalue weighted by atomic mass is 9.49. The smallest absolute Gasteiger partial charge is 0.296 e. The molecule has 0 radical (unpaired) electrons. The molecule has 14 atom stereocenters. The molecule has 60 heavy (non-hydrogen) atoms. The van der Waals surface area contributed by atoms with E-state index < -0.39 is 10.1 Å². The van der Waals surface area contributed by atoms with Crippen molar-refractivity contribution in [2.45, 2.75) is 127 Å². The molecule has 1 aromatic carbocycles. The molecular weight excluding hydrogens is 773 g/mol. The minimum absolute atomic E-state index is 0.0318. The number of fused-ring (bicyclic) bond motifs is 12. The van der Waals surface area contributed by atoms with Crippen LogP contribution < -0.4 is 0 Å². The number of hydrogen-bond acceptors (Lipinski definition) is 8. The Morgan fingerprint density at radius 1 is 0.683 bits per heavy atom. The third-order valence-electron chi connectivity index (χ3n) is 19.0. The highest BCUT2D eigenvalue weighted by Crippen LogP contribution is 2.69. The van der Waals surface area contributed by atoms with Gasteiger partial charge >= 0.3 is 0 Å². The Hall–Kier alpha value is -2.69. The highest BCUT2D eigenvalue weighted by Gasteiger charge is 2.65. The average Bonchev–Trinajstić information content (AvgIpc) is 4.05. The Labute approximate surface area is 357 Å². The van der Waals surface area contributed by atoms with Crippen LogP contribution >= 0.6 is 0 Å². The molecule has 6 unspecified atom stereocenters. The molecule has 1 aromatic rings. The van der Waals surface area contributed by atoms with E-state index >= 15 is 0 Å². The fraction of sp³-hybridized carbons (Fsp3) is 0.686. The summed E-state index contributed by atoms with van der Waals surface area (Å²) in [6, 6.07) is 6.79. The predicted molar refractivity (Wildman–Crippen MR) is 229 cm³/mol. The Balaban J connectivity index is 0.000000152. The Morgan fingerprint density at radius 2 is 1.18 bits per heavy atom. The lowest BCUT2D eigenvalue weighted by Crippen LogP contribution is -2.53. The van der Waals surface area contributed by atoms with Gasteiger partial charge in [-0.15, -0.1) is 0 Å². The average molecular weight is 839 g/mol. The van der Waals surface area contributed by atoms with Gasteiger partial charge in [0.05, 0.1) is 35.9 Å². The summed E-state index contributed by atoms with van der Waals surface area (Å²) < 4.78 is 44.3. The van der Waals surface area contributed by atoms with E-state index in [9.17, 15) is 23.1 Å². The van der Waals surface area contributed by atoms with Crippen molar-refractivity contribution in [2.24, 2.45) is 70.0 Å². The van der Waals surface area contributed by atoms with Crippen LogP contribution in [0.4, 0.5) is 0 Å². The van der Waals surface area contributed by atoms with E-state index in [0.29, 0.717) is 66.8 Å². The second-order valence-electron chi connectivity index (χ2n) is 21.2. The summed E-state index contributed by atoms with van der Waals surface area (Å²) in [6.07, 6.45) is 27.4. The number of aliphatic hydroxyl groups is 1. The summed E-state index contributed by atoms with van der Waals surface area (Å²) in [7, 11) is -3.85. The molecule has 324 valence electrons. The number of carbonyl (C=O) groups excluding carboxylic acids is 2. The fourth-order valence-electron chi connectivity index (χ4n) is 16.0. The normalized spacial score (nSPS) is 44.9. The first kappa shape index (κ1) is 41.3. The topological polar surface area (TPSA) is 116 Å². The maximum absolute atomic E-state index is 13.0. The van der Waals surface area contributed by atoms with Gasteiger partial charge in [0.2, 0.25) is 0 Å². The number of ether oxygens (including phenoxy) is 2. The SMILES string of the molecule is C[C@]12CCC3C(C[C@@H](CO)C4=CC(=O)CC[C@@H]43)C1CC[C@@]21C=CCO1.Cc1ccc(S(=O)(=O)OC[C@@H]2CC3C(CC[C@@]4(C)C3CC[C@@]43C=CCO3)[C@H]3CCC(=O)C=C23)cc1. The number of carbonyl (C=O) groups is 2. The Kier molecular flexibility index (Phi) is 10.5. The molecule has 2 heterocycles. The molecule has 0 aromatic heterocycles. The van der Waals surface area contributed by atoms with Gasteiger partial charge in [-0.3, -0.25) is 13.8 Å². The lowest BCUT2D eigenvalue weighted by molar-refractivity contribution is -0.121. The molecule has 1 N–H and O–H groups in total. The molecule has 0 amide bonds. The summed E-state index contributed by atoms with van der Waals surface area (Å²) in [4.78, 5) is 24.6. The van der Waals surface area contributed by atoms with Crippen LogP contribution in [0.25, 0.3) is 0 Å². The second kappa shape index (κ2) is 15.2. The van der Waals surface area contributed by atoms with Crippen molar-refractivity contribution in [3.8, 4) is 0 Å². The molecule has 6 saturated carbocycles. The van der Waals surface area contributed by atoms with Crippen molar-refractivity contribution < 1.29 is 36.8 Å². The summed E-state index contributed by atoms with van der Waals surface area (Å²) in [6.45, 7) is 8.62. The first-order valence-electron chi connectivity index (χ1n) is 23.5. The minimum Gasteiger partial charge on any atom is -0.396 e. The number of aryl methyl sites for hydroxylation is 1. The van der Waals surface area contributed by atoms with Crippen LogP contribution in [0.1, 0.15) is 109 Å². The highest BCUT2D eigenvalue weighted by atomic mass is 32.2. The molecular formula is C51H66O8S. The Morgan fingerprint density at radius 3 is 1.67 bits per heavy atom. The quantitative estimate of drug-likeness (QED) is 0.231. The number of ketones is 2. The van der Waals surface area contributed by atoms with Crippen LogP contribution in [0.3, 0.4) is 0 Å². The number of aliphatic hydroxyl groups excluding tert-OH is 1. The van der Waals surface area contributed by atoms with E-state index in [4.69, 9.17) is 13.7 Å². The molecule has 8 aliphatic carbocycles. The van der Waals surface area contributed by atoms with Gasteiger partial charge in [0.25, 0.3) is 10.1 Å². The largest absolute Gasteiger partial charge is 0.396 e. The molecule has 6 fully saturated rings. The minimum atomic E-state index is -3.85. The van der Waals surface area contributed by atoms with E-state index in [1.54, 1.807) is 24.3 Å². The number of rotatable bonds is 5.